The molecular formula is C11H18N2O4. The highest BCUT2D eigenvalue weighted by Crippen LogP contribution is 2.28. The third-order valence-electron chi connectivity index (χ3n) is 3.27. The molecule has 0 radical (unpaired) electrons. The molecule has 0 aromatic rings. The summed E-state index contributed by atoms with van der Waals surface area (Å²) in [5, 5.41) is 18.2. The number of aliphatic hydroxyl groups is 1. The lowest BCUT2D eigenvalue weighted by atomic mass is 10.1. The Morgan fingerprint density at radius 2 is 1.76 bits per heavy atom. The predicted molar refractivity (Wildman–Crippen MR) is 59.6 cm³/mol. The fourth-order valence-electron chi connectivity index (χ4n) is 2.12. The quantitative estimate of drug-likeness (QED) is 0.736. The van der Waals surface area contributed by atoms with Crippen molar-refractivity contribution < 1.29 is 19.8 Å². The second kappa shape index (κ2) is 4.91. The normalized spacial score (nSPS) is 21.4. The first-order chi connectivity index (χ1) is 8.08. The molecule has 1 saturated heterocycles. The van der Waals surface area contributed by atoms with Gasteiger partial charge in [0.25, 0.3) is 0 Å². The van der Waals surface area contributed by atoms with Crippen LogP contribution < -0.4 is 0 Å². The van der Waals surface area contributed by atoms with Crippen molar-refractivity contribution in [3.63, 3.8) is 0 Å². The summed E-state index contributed by atoms with van der Waals surface area (Å²) < 4.78 is 0. The molecular weight excluding hydrogens is 224 g/mol. The number of carbonyl (C=O) groups excluding carboxylic acids is 1. The Hall–Kier alpha value is -1.30. The first kappa shape index (κ1) is 12.2. The molecule has 2 rings (SSSR count). The molecule has 2 N–H and O–H groups in total. The van der Waals surface area contributed by atoms with Crippen LogP contribution in [0.4, 0.5) is 4.79 Å². The highest BCUT2D eigenvalue weighted by Gasteiger charge is 2.36. The fraction of sp³-hybridized carbons (Fsp3) is 0.818. The SMILES string of the molecule is O=C(O)CN(C(=O)N1CCC(O)CC1)C1CC1. The summed E-state index contributed by atoms with van der Waals surface area (Å²) in [4.78, 5) is 25.9. The van der Waals surface area contributed by atoms with Crippen LogP contribution in [0.2, 0.25) is 0 Å². The Bertz CT molecular complexity index is 309. The largest absolute Gasteiger partial charge is 0.480 e. The molecule has 0 unspecified atom stereocenters. The number of piperidine rings is 1. The van der Waals surface area contributed by atoms with Crippen LogP contribution in [0, 0.1) is 0 Å². The third-order valence-corrected chi connectivity index (χ3v) is 3.27. The zero-order chi connectivity index (χ0) is 12.4. The number of hydrogen-bond donors (Lipinski definition) is 2. The van der Waals surface area contributed by atoms with Crippen molar-refractivity contribution in [1.29, 1.82) is 0 Å². The zero-order valence-corrected chi connectivity index (χ0v) is 9.71. The molecule has 1 saturated carbocycles. The minimum atomic E-state index is -0.970. The number of aliphatic hydroxyl groups excluding tert-OH is 1. The van der Waals surface area contributed by atoms with Crippen LogP contribution >= 0.6 is 0 Å². The lowest BCUT2D eigenvalue weighted by molar-refractivity contribution is -0.137. The number of likely N-dealkylation sites (tertiary alicyclic amines) is 1. The first-order valence-corrected chi connectivity index (χ1v) is 6.03. The molecule has 0 atom stereocenters. The van der Waals surface area contributed by atoms with Crippen LogP contribution in [-0.4, -0.2) is 63.8 Å². The summed E-state index contributed by atoms with van der Waals surface area (Å²) in [6.45, 7) is 0.814. The van der Waals surface area contributed by atoms with Gasteiger partial charge in [0.1, 0.15) is 6.54 Å². The number of amides is 2. The van der Waals surface area contributed by atoms with E-state index in [1.807, 2.05) is 0 Å². The van der Waals surface area contributed by atoms with E-state index in [4.69, 9.17) is 5.11 Å². The highest BCUT2D eigenvalue weighted by molar-refractivity contribution is 5.80. The first-order valence-electron chi connectivity index (χ1n) is 6.03. The van der Waals surface area contributed by atoms with Gasteiger partial charge in [-0.15, -0.1) is 0 Å². The van der Waals surface area contributed by atoms with Crippen LogP contribution in [-0.2, 0) is 4.79 Å². The van der Waals surface area contributed by atoms with Crippen molar-refractivity contribution in [3.8, 4) is 0 Å². The van der Waals surface area contributed by atoms with Gasteiger partial charge in [0.2, 0.25) is 0 Å². The molecule has 6 heteroatoms. The Balaban J connectivity index is 1.93. The van der Waals surface area contributed by atoms with E-state index in [1.54, 1.807) is 4.90 Å². The van der Waals surface area contributed by atoms with E-state index >= 15 is 0 Å². The van der Waals surface area contributed by atoms with E-state index < -0.39 is 5.97 Å². The van der Waals surface area contributed by atoms with E-state index in [-0.39, 0.29) is 24.7 Å². The number of urea groups is 1. The molecule has 96 valence electrons. The van der Waals surface area contributed by atoms with Crippen LogP contribution in [0.5, 0.6) is 0 Å². The minimum Gasteiger partial charge on any atom is -0.480 e. The average Bonchev–Trinajstić information content (AvgIpc) is 3.09. The molecule has 2 amide bonds. The summed E-state index contributed by atoms with van der Waals surface area (Å²) >= 11 is 0. The van der Waals surface area contributed by atoms with Gasteiger partial charge in [0.15, 0.2) is 0 Å². The summed E-state index contributed by atoms with van der Waals surface area (Å²) in [6.07, 6.45) is 2.63. The zero-order valence-electron chi connectivity index (χ0n) is 9.71. The maximum absolute atomic E-state index is 12.1. The summed E-state index contributed by atoms with van der Waals surface area (Å²) in [5.74, 6) is -0.970. The number of carbonyl (C=O) groups is 2. The Labute approximate surface area is 99.8 Å². The van der Waals surface area contributed by atoms with Crippen molar-refractivity contribution in [1.82, 2.24) is 9.80 Å². The summed E-state index contributed by atoms with van der Waals surface area (Å²) in [5.41, 5.74) is 0. The van der Waals surface area contributed by atoms with Gasteiger partial charge in [-0.05, 0) is 25.7 Å². The molecule has 0 aromatic heterocycles. The van der Waals surface area contributed by atoms with E-state index in [0.717, 1.165) is 12.8 Å². The van der Waals surface area contributed by atoms with E-state index in [1.165, 1.54) is 4.90 Å². The molecule has 6 nitrogen and oxygen atoms in total. The lowest BCUT2D eigenvalue weighted by Crippen LogP contribution is -2.49. The standard InChI is InChI=1S/C11H18N2O4/c14-9-3-5-12(6-4-9)11(17)13(7-10(15)16)8-1-2-8/h8-9,14H,1-7H2,(H,15,16). The van der Waals surface area contributed by atoms with E-state index in [0.29, 0.717) is 25.9 Å². The average molecular weight is 242 g/mol. The maximum atomic E-state index is 12.1. The van der Waals surface area contributed by atoms with Gasteiger partial charge in [-0.1, -0.05) is 0 Å². The van der Waals surface area contributed by atoms with Crippen molar-refractivity contribution in [2.75, 3.05) is 19.6 Å². The minimum absolute atomic E-state index is 0.102. The van der Waals surface area contributed by atoms with Crippen molar-refractivity contribution in [3.05, 3.63) is 0 Å². The fourth-order valence-corrected chi connectivity index (χ4v) is 2.12. The van der Waals surface area contributed by atoms with Gasteiger partial charge in [-0.3, -0.25) is 4.79 Å². The number of aliphatic carboxylic acids is 1. The molecule has 2 aliphatic rings. The highest BCUT2D eigenvalue weighted by atomic mass is 16.4. The van der Waals surface area contributed by atoms with Gasteiger partial charge >= 0.3 is 12.0 Å². The van der Waals surface area contributed by atoms with Crippen LogP contribution in [0.3, 0.4) is 0 Å². The molecule has 17 heavy (non-hydrogen) atoms. The molecule has 2 fully saturated rings. The van der Waals surface area contributed by atoms with Gasteiger partial charge in [-0.2, -0.15) is 0 Å². The van der Waals surface area contributed by atoms with E-state index in [2.05, 4.69) is 0 Å². The molecule has 1 aliphatic carbocycles. The topological polar surface area (TPSA) is 81.1 Å². The third kappa shape index (κ3) is 3.09. The number of carboxylic acids is 1. The lowest BCUT2D eigenvalue weighted by Gasteiger charge is -2.34. The molecule has 1 aliphatic heterocycles. The van der Waals surface area contributed by atoms with Crippen LogP contribution in [0.1, 0.15) is 25.7 Å². The molecule has 0 bridgehead atoms. The smallest absolute Gasteiger partial charge is 0.323 e. The Kier molecular flexibility index (Phi) is 3.51. The van der Waals surface area contributed by atoms with Crippen molar-refractivity contribution in [2.45, 2.75) is 37.8 Å². The molecule has 0 spiro atoms. The van der Waals surface area contributed by atoms with Gasteiger partial charge in [0.05, 0.1) is 6.10 Å². The molecule has 1 heterocycles. The Morgan fingerprint density at radius 3 is 2.24 bits per heavy atom. The van der Waals surface area contributed by atoms with Gasteiger partial charge in [-0.25, -0.2) is 4.79 Å². The molecule has 0 aromatic carbocycles. The summed E-state index contributed by atoms with van der Waals surface area (Å²) in [6, 6.07) is -0.0905. The number of hydrogen-bond acceptors (Lipinski definition) is 3. The maximum Gasteiger partial charge on any atom is 0.323 e. The van der Waals surface area contributed by atoms with Crippen molar-refractivity contribution >= 4 is 12.0 Å². The van der Waals surface area contributed by atoms with Crippen LogP contribution in [0.15, 0.2) is 0 Å². The predicted octanol–water partition coefficient (Wildman–Crippen LogP) is 0.112. The number of nitrogens with zero attached hydrogens (tertiary/aromatic N) is 2. The van der Waals surface area contributed by atoms with E-state index in [9.17, 15) is 14.7 Å². The van der Waals surface area contributed by atoms with Crippen molar-refractivity contribution in [2.24, 2.45) is 0 Å². The Morgan fingerprint density at radius 1 is 1.18 bits per heavy atom. The number of carboxylic acid groups (broad SMARTS) is 1. The summed E-state index contributed by atoms with van der Waals surface area (Å²) in [7, 11) is 0. The van der Waals surface area contributed by atoms with Gasteiger partial charge in [0, 0.05) is 19.1 Å². The monoisotopic (exact) mass is 242 g/mol. The van der Waals surface area contributed by atoms with Gasteiger partial charge < -0.3 is 20.0 Å². The number of rotatable bonds is 3. The second-order valence-electron chi connectivity index (χ2n) is 4.75. The second-order valence-corrected chi connectivity index (χ2v) is 4.75. The van der Waals surface area contributed by atoms with Crippen LogP contribution in [0.25, 0.3) is 0 Å².